The molecule has 1 aliphatic rings. The number of anilines is 1. The van der Waals surface area contributed by atoms with Gasteiger partial charge in [-0.25, -0.2) is 4.79 Å². The molecule has 0 fully saturated rings. The molecular weight excluding hydrogens is 406 g/mol. The first-order valence-electron chi connectivity index (χ1n) is 9.18. The molecule has 0 bridgehead atoms. The summed E-state index contributed by atoms with van der Waals surface area (Å²) in [5.41, 5.74) is 3.20. The molecule has 0 aromatic heterocycles. The van der Waals surface area contributed by atoms with Crippen molar-refractivity contribution < 1.29 is 9.59 Å². The molecule has 0 aliphatic carbocycles. The van der Waals surface area contributed by atoms with Gasteiger partial charge in [0.05, 0.1) is 6.04 Å². The van der Waals surface area contributed by atoms with E-state index >= 15 is 0 Å². The van der Waals surface area contributed by atoms with Gasteiger partial charge in [0.25, 0.3) is 0 Å². The topological polar surface area (TPSA) is 52.7 Å². The third-order valence-electron chi connectivity index (χ3n) is 5.01. The van der Waals surface area contributed by atoms with Crippen molar-refractivity contribution in [3.05, 3.63) is 64.1 Å². The summed E-state index contributed by atoms with van der Waals surface area (Å²) in [5.74, 6) is -0.0233. The summed E-state index contributed by atoms with van der Waals surface area (Å²) >= 11 is 3.37. The molecule has 0 saturated heterocycles. The molecule has 6 heteroatoms. The Morgan fingerprint density at radius 2 is 1.89 bits per heavy atom. The number of nitrogens with zero attached hydrogens (tertiary/aromatic N) is 2. The zero-order valence-electron chi connectivity index (χ0n) is 15.6. The molecule has 1 aliphatic heterocycles. The maximum atomic E-state index is 12.9. The van der Waals surface area contributed by atoms with Gasteiger partial charge in [-0.3, -0.25) is 4.79 Å². The molecule has 0 saturated carbocycles. The molecule has 5 nitrogen and oxygen atoms in total. The van der Waals surface area contributed by atoms with E-state index in [1.54, 1.807) is 0 Å². The normalized spacial score (nSPS) is 15.8. The van der Waals surface area contributed by atoms with Crippen molar-refractivity contribution in [2.24, 2.45) is 0 Å². The number of rotatable bonds is 4. The van der Waals surface area contributed by atoms with Crippen LogP contribution in [0.1, 0.15) is 31.0 Å². The molecule has 2 aromatic carbocycles. The van der Waals surface area contributed by atoms with Gasteiger partial charge in [-0.2, -0.15) is 0 Å². The van der Waals surface area contributed by atoms with Crippen LogP contribution in [0.15, 0.2) is 53.0 Å². The van der Waals surface area contributed by atoms with E-state index in [0.717, 1.165) is 10.9 Å². The van der Waals surface area contributed by atoms with E-state index in [2.05, 4.69) is 33.4 Å². The number of carbonyl (C=O) groups excluding carboxylic acids is 2. The van der Waals surface area contributed by atoms with Crippen molar-refractivity contribution in [1.82, 2.24) is 9.80 Å². The summed E-state index contributed by atoms with van der Waals surface area (Å²) in [7, 11) is 0. The average molecular weight is 430 g/mol. The van der Waals surface area contributed by atoms with Crippen LogP contribution in [-0.2, 0) is 11.2 Å². The predicted molar refractivity (Wildman–Crippen MR) is 111 cm³/mol. The van der Waals surface area contributed by atoms with Crippen LogP contribution in [0.5, 0.6) is 0 Å². The second-order valence-corrected chi connectivity index (χ2v) is 7.58. The van der Waals surface area contributed by atoms with Gasteiger partial charge in [-0.1, -0.05) is 40.2 Å². The van der Waals surface area contributed by atoms with Gasteiger partial charge in [-0.15, -0.1) is 0 Å². The number of urea groups is 1. The van der Waals surface area contributed by atoms with Gasteiger partial charge in [0.15, 0.2) is 0 Å². The molecule has 142 valence electrons. The highest BCUT2D eigenvalue weighted by molar-refractivity contribution is 9.10. The number of fused-ring (bicyclic) bond motifs is 1. The number of likely N-dealkylation sites (N-methyl/N-ethyl adjacent to an activating group) is 1. The lowest BCUT2D eigenvalue weighted by Crippen LogP contribution is -2.47. The van der Waals surface area contributed by atoms with E-state index in [0.29, 0.717) is 18.8 Å². The molecule has 1 atom stereocenters. The minimum atomic E-state index is -0.266. The van der Waals surface area contributed by atoms with Crippen molar-refractivity contribution in [3.8, 4) is 0 Å². The van der Waals surface area contributed by atoms with Crippen molar-refractivity contribution in [2.45, 2.75) is 26.3 Å². The third kappa shape index (κ3) is 4.50. The fraction of sp³-hybridized carbons (Fsp3) is 0.333. The predicted octanol–water partition coefficient (Wildman–Crippen LogP) is 4.45. The van der Waals surface area contributed by atoms with Crippen molar-refractivity contribution in [3.63, 3.8) is 0 Å². The molecule has 1 N–H and O–H groups in total. The Morgan fingerprint density at radius 1 is 1.19 bits per heavy atom. The molecule has 1 heterocycles. The van der Waals surface area contributed by atoms with Crippen molar-refractivity contribution in [2.75, 3.05) is 25.0 Å². The van der Waals surface area contributed by atoms with E-state index in [4.69, 9.17) is 0 Å². The number of benzene rings is 2. The summed E-state index contributed by atoms with van der Waals surface area (Å²) in [4.78, 5) is 28.9. The standard InChI is InChI=1S/C21H24BrN3O2/c1-3-24(21(27)23-18-10-8-17(22)9-11-18)14-20(26)25-13-12-16-6-4-5-7-19(16)15(25)2/h4-11,15H,3,12-14H2,1-2H3,(H,23,27). The maximum absolute atomic E-state index is 12.9. The minimum Gasteiger partial charge on any atom is -0.334 e. The Hall–Kier alpha value is -2.34. The second-order valence-electron chi connectivity index (χ2n) is 6.66. The highest BCUT2D eigenvalue weighted by Gasteiger charge is 2.28. The van der Waals surface area contributed by atoms with Gasteiger partial charge >= 0.3 is 6.03 Å². The second kappa shape index (κ2) is 8.57. The Labute approximate surface area is 168 Å². The molecule has 27 heavy (non-hydrogen) atoms. The van der Waals surface area contributed by atoms with E-state index in [9.17, 15) is 9.59 Å². The summed E-state index contributed by atoms with van der Waals surface area (Å²) < 4.78 is 0.947. The number of hydrogen-bond donors (Lipinski definition) is 1. The first-order chi connectivity index (χ1) is 13.0. The van der Waals surface area contributed by atoms with Crippen LogP contribution in [0.3, 0.4) is 0 Å². The molecule has 3 amide bonds. The van der Waals surface area contributed by atoms with Gasteiger partial charge in [0.2, 0.25) is 5.91 Å². The Bertz CT molecular complexity index is 822. The first kappa shape index (κ1) is 19.4. The zero-order chi connectivity index (χ0) is 19.4. The van der Waals surface area contributed by atoms with Crippen molar-refractivity contribution >= 4 is 33.6 Å². The van der Waals surface area contributed by atoms with Crippen LogP contribution in [0.25, 0.3) is 0 Å². The number of halogens is 1. The van der Waals surface area contributed by atoms with Crippen LogP contribution in [0.2, 0.25) is 0 Å². The number of hydrogen-bond acceptors (Lipinski definition) is 2. The minimum absolute atomic E-state index is 0.0233. The van der Waals surface area contributed by atoms with Crippen LogP contribution in [0.4, 0.5) is 10.5 Å². The summed E-state index contributed by atoms with van der Waals surface area (Å²) in [6, 6.07) is 15.4. The number of carbonyl (C=O) groups is 2. The van der Waals surface area contributed by atoms with Gasteiger partial charge in [0.1, 0.15) is 6.54 Å². The Balaban J connectivity index is 1.64. The van der Waals surface area contributed by atoms with Gasteiger partial charge < -0.3 is 15.1 Å². The van der Waals surface area contributed by atoms with Crippen molar-refractivity contribution in [1.29, 1.82) is 0 Å². The molecule has 0 radical (unpaired) electrons. The zero-order valence-corrected chi connectivity index (χ0v) is 17.2. The smallest absolute Gasteiger partial charge is 0.322 e. The van der Waals surface area contributed by atoms with E-state index in [1.807, 2.05) is 55.1 Å². The molecular formula is C21H24BrN3O2. The van der Waals surface area contributed by atoms with E-state index < -0.39 is 0 Å². The van der Waals surface area contributed by atoms with Crippen LogP contribution >= 0.6 is 15.9 Å². The van der Waals surface area contributed by atoms with Crippen LogP contribution in [-0.4, -0.2) is 41.4 Å². The summed E-state index contributed by atoms with van der Waals surface area (Å²) in [6.07, 6.45) is 0.851. The Kier molecular flexibility index (Phi) is 6.16. The van der Waals surface area contributed by atoms with E-state index in [1.165, 1.54) is 16.0 Å². The number of amides is 3. The first-order valence-corrected chi connectivity index (χ1v) is 9.97. The average Bonchev–Trinajstić information content (AvgIpc) is 2.68. The maximum Gasteiger partial charge on any atom is 0.322 e. The van der Waals surface area contributed by atoms with Gasteiger partial charge in [0, 0.05) is 23.2 Å². The lowest BCUT2D eigenvalue weighted by Gasteiger charge is -2.36. The Morgan fingerprint density at radius 3 is 2.59 bits per heavy atom. The van der Waals surface area contributed by atoms with E-state index in [-0.39, 0.29) is 24.5 Å². The quantitative estimate of drug-likeness (QED) is 0.780. The summed E-state index contributed by atoms with van der Waals surface area (Å²) in [5, 5.41) is 2.85. The third-order valence-corrected chi connectivity index (χ3v) is 5.53. The molecule has 3 rings (SSSR count). The summed E-state index contributed by atoms with van der Waals surface area (Å²) in [6.45, 7) is 5.15. The fourth-order valence-corrected chi connectivity index (χ4v) is 3.69. The fourth-order valence-electron chi connectivity index (χ4n) is 3.43. The lowest BCUT2D eigenvalue weighted by molar-refractivity contribution is -0.134. The molecule has 0 spiro atoms. The van der Waals surface area contributed by atoms with Crippen LogP contribution in [0, 0.1) is 0 Å². The lowest BCUT2D eigenvalue weighted by atomic mass is 9.93. The number of nitrogens with one attached hydrogen (secondary N) is 1. The largest absolute Gasteiger partial charge is 0.334 e. The monoisotopic (exact) mass is 429 g/mol. The van der Waals surface area contributed by atoms with Gasteiger partial charge in [-0.05, 0) is 55.7 Å². The van der Waals surface area contributed by atoms with Crippen LogP contribution < -0.4 is 5.32 Å². The highest BCUT2D eigenvalue weighted by Crippen LogP contribution is 2.29. The molecule has 2 aromatic rings. The SMILES string of the molecule is CCN(CC(=O)N1CCc2ccccc2C1C)C(=O)Nc1ccc(Br)cc1. The molecule has 1 unspecified atom stereocenters. The highest BCUT2D eigenvalue weighted by atomic mass is 79.9.